The molecular weight excluding hydrogens is 218 g/mol. The zero-order valence-corrected chi connectivity index (χ0v) is 10.1. The molecule has 1 atom stereocenters. The molecule has 0 fully saturated rings. The third kappa shape index (κ3) is 3.53. The smallest absolute Gasteiger partial charge is 0.231 e. The van der Waals surface area contributed by atoms with E-state index < -0.39 is 0 Å². The van der Waals surface area contributed by atoms with Crippen LogP contribution in [0.4, 0.5) is 0 Å². The van der Waals surface area contributed by atoms with Crippen molar-refractivity contribution in [2.24, 2.45) is 5.73 Å². The first-order valence-electron chi connectivity index (χ1n) is 6.04. The molecule has 2 rings (SSSR count). The lowest BCUT2D eigenvalue weighted by Crippen LogP contribution is -2.14. The fourth-order valence-corrected chi connectivity index (χ4v) is 1.73. The molecule has 0 amide bonds. The van der Waals surface area contributed by atoms with Gasteiger partial charge in [0.05, 0.1) is 6.61 Å². The molecule has 0 spiro atoms. The van der Waals surface area contributed by atoms with Crippen LogP contribution in [-0.2, 0) is 0 Å². The van der Waals surface area contributed by atoms with Gasteiger partial charge in [-0.15, -0.1) is 0 Å². The van der Waals surface area contributed by atoms with Gasteiger partial charge in [-0.3, -0.25) is 0 Å². The number of ether oxygens (including phenoxy) is 3. The highest BCUT2D eigenvalue weighted by molar-refractivity contribution is 5.46. The van der Waals surface area contributed by atoms with Crippen molar-refractivity contribution in [3.8, 4) is 17.2 Å². The van der Waals surface area contributed by atoms with E-state index in [9.17, 15) is 0 Å². The fourth-order valence-electron chi connectivity index (χ4n) is 1.73. The van der Waals surface area contributed by atoms with Gasteiger partial charge in [0, 0.05) is 12.1 Å². The van der Waals surface area contributed by atoms with E-state index in [0.717, 1.165) is 36.5 Å². The largest absolute Gasteiger partial charge is 0.493 e. The maximum atomic E-state index is 5.68. The van der Waals surface area contributed by atoms with Crippen molar-refractivity contribution in [2.75, 3.05) is 13.4 Å². The maximum absolute atomic E-state index is 5.68. The Morgan fingerprint density at radius 1 is 1.29 bits per heavy atom. The highest BCUT2D eigenvalue weighted by Gasteiger charge is 2.13. The summed E-state index contributed by atoms with van der Waals surface area (Å²) in [6, 6.07) is 5.92. The number of unbranched alkanes of at least 4 members (excludes halogenated alkanes) is 1. The zero-order chi connectivity index (χ0) is 12.1. The van der Waals surface area contributed by atoms with Gasteiger partial charge in [-0.05, 0) is 38.3 Å². The van der Waals surface area contributed by atoms with Gasteiger partial charge in [-0.2, -0.15) is 0 Å². The molecule has 0 aliphatic carbocycles. The summed E-state index contributed by atoms with van der Waals surface area (Å²) in [5.74, 6) is 2.38. The van der Waals surface area contributed by atoms with Crippen LogP contribution in [0.1, 0.15) is 26.2 Å². The molecule has 1 heterocycles. The standard InChI is InChI=1S/C13H19NO3/c1-10(14)4-2-3-7-15-11-5-6-12-13(8-11)17-9-16-12/h5-6,8,10H,2-4,7,9,14H2,1H3. The van der Waals surface area contributed by atoms with Gasteiger partial charge in [-0.1, -0.05) is 0 Å². The fraction of sp³-hybridized carbons (Fsp3) is 0.538. The first-order chi connectivity index (χ1) is 8.25. The van der Waals surface area contributed by atoms with Crippen LogP contribution in [0.2, 0.25) is 0 Å². The van der Waals surface area contributed by atoms with Crippen molar-refractivity contribution in [3.05, 3.63) is 18.2 Å². The SMILES string of the molecule is CC(N)CCCCOc1ccc2c(c1)OCO2. The Morgan fingerprint density at radius 3 is 2.94 bits per heavy atom. The predicted molar refractivity (Wildman–Crippen MR) is 65.6 cm³/mol. The van der Waals surface area contributed by atoms with Crippen molar-refractivity contribution in [1.82, 2.24) is 0 Å². The van der Waals surface area contributed by atoms with Gasteiger partial charge in [-0.25, -0.2) is 0 Å². The molecule has 1 aliphatic heterocycles. The van der Waals surface area contributed by atoms with Gasteiger partial charge >= 0.3 is 0 Å². The van der Waals surface area contributed by atoms with E-state index in [-0.39, 0.29) is 6.04 Å². The van der Waals surface area contributed by atoms with Gasteiger partial charge < -0.3 is 19.9 Å². The molecule has 0 radical (unpaired) electrons. The normalized spacial score (nSPS) is 14.7. The van der Waals surface area contributed by atoms with Crippen LogP contribution in [0.15, 0.2) is 18.2 Å². The quantitative estimate of drug-likeness (QED) is 0.771. The Hall–Kier alpha value is -1.42. The second-order valence-corrected chi connectivity index (χ2v) is 4.34. The average molecular weight is 237 g/mol. The minimum Gasteiger partial charge on any atom is -0.493 e. The molecule has 2 N–H and O–H groups in total. The molecule has 1 unspecified atom stereocenters. The van der Waals surface area contributed by atoms with Crippen molar-refractivity contribution in [1.29, 1.82) is 0 Å². The zero-order valence-electron chi connectivity index (χ0n) is 10.1. The lowest BCUT2D eigenvalue weighted by molar-refractivity contribution is 0.173. The topological polar surface area (TPSA) is 53.7 Å². The second kappa shape index (κ2) is 5.77. The summed E-state index contributed by atoms with van der Waals surface area (Å²) in [7, 11) is 0. The predicted octanol–water partition coefficient (Wildman–Crippen LogP) is 2.31. The van der Waals surface area contributed by atoms with Crippen molar-refractivity contribution in [2.45, 2.75) is 32.2 Å². The molecule has 94 valence electrons. The van der Waals surface area contributed by atoms with Crippen LogP contribution < -0.4 is 19.9 Å². The second-order valence-electron chi connectivity index (χ2n) is 4.34. The van der Waals surface area contributed by atoms with E-state index >= 15 is 0 Å². The van der Waals surface area contributed by atoms with Crippen LogP contribution >= 0.6 is 0 Å². The van der Waals surface area contributed by atoms with E-state index in [1.807, 2.05) is 25.1 Å². The number of hydrogen-bond donors (Lipinski definition) is 1. The molecule has 1 aromatic rings. The maximum Gasteiger partial charge on any atom is 0.231 e. The molecule has 0 bridgehead atoms. The summed E-state index contributed by atoms with van der Waals surface area (Å²) < 4.78 is 16.1. The summed E-state index contributed by atoms with van der Waals surface area (Å²) >= 11 is 0. The molecule has 1 aromatic carbocycles. The van der Waals surface area contributed by atoms with Crippen LogP contribution in [-0.4, -0.2) is 19.4 Å². The molecule has 4 nitrogen and oxygen atoms in total. The number of nitrogens with two attached hydrogens (primary N) is 1. The molecule has 4 heteroatoms. The summed E-state index contributed by atoms with van der Waals surface area (Å²) in [6.45, 7) is 3.04. The minimum absolute atomic E-state index is 0.278. The van der Waals surface area contributed by atoms with Crippen LogP contribution in [0, 0.1) is 0 Å². The van der Waals surface area contributed by atoms with E-state index in [2.05, 4.69) is 0 Å². The monoisotopic (exact) mass is 237 g/mol. The van der Waals surface area contributed by atoms with Crippen LogP contribution in [0.5, 0.6) is 17.2 Å². The lowest BCUT2D eigenvalue weighted by atomic mass is 10.1. The van der Waals surface area contributed by atoms with Gasteiger partial charge in [0.25, 0.3) is 0 Å². The summed E-state index contributed by atoms with van der Waals surface area (Å²) in [6.07, 6.45) is 3.17. The first-order valence-corrected chi connectivity index (χ1v) is 6.04. The van der Waals surface area contributed by atoms with Crippen LogP contribution in [0.25, 0.3) is 0 Å². The van der Waals surface area contributed by atoms with E-state index in [4.69, 9.17) is 19.9 Å². The lowest BCUT2D eigenvalue weighted by Gasteiger charge is -2.07. The van der Waals surface area contributed by atoms with Crippen molar-refractivity contribution < 1.29 is 14.2 Å². The van der Waals surface area contributed by atoms with E-state index in [1.165, 1.54) is 0 Å². The third-order valence-electron chi connectivity index (χ3n) is 2.67. The average Bonchev–Trinajstić information content (AvgIpc) is 2.75. The molecular formula is C13H19NO3. The summed E-state index contributed by atoms with van der Waals surface area (Å²) in [4.78, 5) is 0. The molecule has 17 heavy (non-hydrogen) atoms. The Kier molecular flexibility index (Phi) is 4.09. The van der Waals surface area contributed by atoms with Gasteiger partial charge in [0.1, 0.15) is 5.75 Å². The Balaban J connectivity index is 1.72. The Labute approximate surface area is 102 Å². The summed E-state index contributed by atoms with van der Waals surface area (Å²) in [5.41, 5.74) is 5.68. The van der Waals surface area contributed by atoms with E-state index in [0.29, 0.717) is 13.4 Å². The highest BCUT2D eigenvalue weighted by atomic mass is 16.7. The number of hydrogen-bond acceptors (Lipinski definition) is 4. The molecule has 0 saturated heterocycles. The van der Waals surface area contributed by atoms with Crippen LogP contribution in [0.3, 0.4) is 0 Å². The first kappa shape index (κ1) is 12.0. The van der Waals surface area contributed by atoms with Crippen molar-refractivity contribution in [3.63, 3.8) is 0 Å². The highest BCUT2D eigenvalue weighted by Crippen LogP contribution is 2.35. The Morgan fingerprint density at radius 2 is 2.12 bits per heavy atom. The Bertz CT molecular complexity index is 366. The molecule has 1 aliphatic rings. The molecule has 0 saturated carbocycles. The van der Waals surface area contributed by atoms with E-state index in [1.54, 1.807) is 0 Å². The minimum atomic E-state index is 0.278. The number of fused-ring (bicyclic) bond motifs is 1. The number of rotatable bonds is 6. The summed E-state index contributed by atoms with van der Waals surface area (Å²) in [5, 5.41) is 0. The van der Waals surface area contributed by atoms with Crippen molar-refractivity contribution >= 4 is 0 Å². The van der Waals surface area contributed by atoms with Gasteiger partial charge in [0.15, 0.2) is 11.5 Å². The third-order valence-corrected chi connectivity index (χ3v) is 2.67. The number of benzene rings is 1. The molecule has 0 aromatic heterocycles. The van der Waals surface area contributed by atoms with Gasteiger partial charge in [0.2, 0.25) is 6.79 Å².